The highest BCUT2D eigenvalue weighted by atomic mass is 127. The summed E-state index contributed by atoms with van der Waals surface area (Å²) >= 11 is 8.21. The summed E-state index contributed by atoms with van der Waals surface area (Å²) in [5.74, 6) is 0. The molecule has 3 N–H and O–H groups in total. The summed E-state index contributed by atoms with van der Waals surface area (Å²) in [4.78, 5) is 12.0. The van der Waals surface area contributed by atoms with Crippen LogP contribution in [0.3, 0.4) is 0 Å². The van der Waals surface area contributed by atoms with E-state index in [0.29, 0.717) is 16.4 Å². The molecule has 110 valence electrons. The predicted octanol–water partition coefficient (Wildman–Crippen LogP) is 4.64. The van der Waals surface area contributed by atoms with E-state index in [1.165, 1.54) is 0 Å². The van der Waals surface area contributed by atoms with Crippen LogP contribution in [0.1, 0.15) is 18.6 Å². The molecule has 0 aliphatic carbocycles. The van der Waals surface area contributed by atoms with Gasteiger partial charge in [0.15, 0.2) is 0 Å². The molecule has 2 rings (SSSR count). The Hall–Kier alpha value is -1.31. The highest BCUT2D eigenvalue weighted by Crippen LogP contribution is 2.24. The Labute approximate surface area is 141 Å². The first-order valence-electron chi connectivity index (χ1n) is 6.27. The van der Waals surface area contributed by atoms with Crippen molar-refractivity contribution < 1.29 is 9.90 Å². The summed E-state index contributed by atoms with van der Waals surface area (Å²) in [7, 11) is 0. The van der Waals surface area contributed by atoms with Crippen LogP contribution in [0.25, 0.3) is 0 Å². The molecule has 6 heteroatoms. The van der Waals surface area contributed by atoms with E-state index in [-0.39, 0.29) is 6.03 Å². The smallest absolute Gasteiger partial charge is 0.323 e. The number of carbonyl (C=O) groups is 1. The molecule has 1 unspecified atom stereocenters. The van der Waals surface area contributed by atoms with Crippen molar-refractivity contribution in [3.63, 3.8) is 0 Å². The summed E-state index contributed by atoms with van der Waals surface area (Å²) < 4.78 is 0.994. The molecule has 0 radical (unpaired) electrons. The molecular formula is C15H14ClIN2O2. The van der Waals surface area contributed by atoms with Gasteiger partial charge >= 0.3 is 6.03 Å². The van der Waals surface area contributed by atoms with Crippen LogP contribution in [0.15, 0.2) is 42.5 Å². The van der Waals surface area contributed by atoms with Crippen LogP contribution in [-0.4, -0.2) is 11.1 Å². The van der Waals surface area contributed by atoms with Crippen molar-refractivity contribution in [3.05, 3.63) is 56.6 Å². The zero-order valence-electron chi connectivity index (χ0n) is 11.2. The number of benzene rings is 2. The van der Waals surface area contributed by atoms with E-state index >= 15 is 0 Å². The van der Waals surface area contributed by atoms with Gasteiger partial charge in [0.25, 0.3) is 0 Å². The minimum atomic E-state index is -0.583. The molecular weight excluding hydrogens is 403 g/mol. The third-order valence-corrected chi connectivity index (χ3v) is 3.79. The topological polar surface area (TPSA) is 61.4 Å². The lowest BCUT2D eigenvalue weighted by molar-refractivity contribution is 0.199. The van der Waals surface area contributed by atoms with Gasteiger partial charge in [0.2, 0.25) is 0 Å². The molecule has 0 spiro atoms. The second kappa shape index (κ2) is 7.11. The minimum absolute atomic E-state index is 0.388. The fraction of sp³-hybridized carbons (Fsp3) is 0.133. The van der Waals surface area contributed by atoms with Crippen LogP contribution in [-0.2, 0) is 0 Å². The van der Waals surface area contributed by atoms with Crippen LogP contribution >= 0.6 is 34.2 Å². The minimum Gasteiger partial charge on any atom is -0.389 e. The van der Waals surface area contributed by atoms with Crippen molar-refractivity contribution in [3.8, 4) is 0 Å². The number of nitrogens with one attached hydrogen (secondary N) is 2. The second-order valence-corrected chi connectivity index (χ2v) is 6.16. The van der Waals surface area contributed by atoms with E-state index in [1.807, 2.05) is 6.07 Å². The van der Waals surface area contributed by atoms with Gasteiger partial charge < -0.3 is 15.7 Å². The van der Waals surface area contributed by atoms with Gasteiger partial charge in [0.05, 0.1) is 16.8 Å². The first kappa shape index (κ1) is 16.1. The lowest BCUT2D eigenvalue weighted by Gasteiger charge is -2.11. The number of aliphatic hydroxyl groups excluding tert-OH is 1. The maximum atomic E-state index is 12.0. The first-order chi connectivity index (χ1) is 9.95. The third-order valence-electron chi connectivity index (χ3n) is 2.81. The molecule has 0 heterocycles. The van der Waals surface area contributed by atoms with Gasteiger partial charge in [-0.1, -0.05) is 23.7 Å². The first-order valence-corrected chi connectivity index (χ1v) is 7.72. The SMILES string of the molecule is CC(O)c1cccc(NC(=O)Nc2ccc(I)cc2Cl)c1. The highest BCUT2D eigenvalue weighted by Gasteiger charge is 2.07. The van der Waals surface area contributed by atoms with Crippen molar-refractivity contribution in [2.45, 2.75) is 13.0 Å². The summed E-state index contributed by atoms with van der Waals surface area (Å²) in [5.41, 5.74) is 1.88. The molecule has 0 aliphatic heterocycles. The zero-order valence-corrected chi connectivity index (χ0v) is 14.1. The van der Waals surface area contributed by atoms with Crippen molar-refractivity contribution in [1.29, 1.82) is 0 Å². The number of amides is 2. The second-order valence-electron chi connectivity index (χ2n) is 4.50. The highest BCUT2D eigenvalue weighted by molar-refractivity contribution is 14.1. The Morgan fingerprint density at radius 1 is 1.24 bits per heavy atom. The van der Waals surface area contributed by atoms with Crippen molar-refractivity contribution in [2.75, 3.05) is 10.6 Å². The predicted molar refractivity (Wildman–Crippen MR) is 93.9 cm³/mol. The number of carbonyl (C=O) groups excluding carboxylic acids is 1. The van der Waals surface area contributed by atoms with Crippen LogP contribution in [0.4, 0.5) is 16.2 Å². The van der Waals surface area contributed by atoms with Gasteiger partial charge in [-0.05, 0) is 65.4 Å². The number of urea groups is 1. The van der Waals surface area contributed by atoms with Gasteiger partial charge in [-0.3, -0.25) is 0 Å². The monoisotopic (exact) mass is 416 g/mol. The average Bonchev–Trinajstić information content (AvgIpc) is 2.42. The van der Waals surface area contributed by atoms with Crippen molar-refractivity contribution in [1.82, 2.24) is 0 Å². The Morgan fingerprint density at radius 3 is 2.67 bits per heavy atom. The number of hydrogen-bond donors (Lipinski definition) is 3. The van der Waals surface area contributed by atoms with E-state index in [9.17, 15) is 9.90 Å². The van der Waals surface area contributed by atoms with Crippen LogP contribution in [0.5, 0.6) is 0 Å². The zero-order chi connectivity index (χ0) is 15.4. The normalized spacial score (nSPS) is 11.8. The van der Waals surface area contributed by atoms with Crippen molar-refractivity contribution in [2.24, 2.45) is 0 Å². The lowest BCUT2D eigenvalue weighted by atomic mass is 10.1. The molecule has 0 saturated heterocycles. The van der Waals surface area contributed by atoms with E-state index in [4.69, 9.17) is 11.6 Å². The maximum Gasteiger partial charge on any atom is 0.323 e. The Kier molecular flexibility index (Phi) is 5.44. The lowest BCUT2D eigenvalue weighted by Crippen LogP contribution is -2.19. The van der Waals surface area contributed by atoms with Crippen LogP contribution < -0.4 is 10.6 Å². The number of halogens is 2. The molecule has 21 heavy (non-hydrogen) atoms. The van der Waals surface area contributed by atoms with Gasteiger partial charge in [-0.15, -0.1) is 0 Å². The fourth-order valence-corrected chi connectivity index (χ4v) is 2.65. The summed E-state index contributed by atoms with van der Waals surface area (Å²) in [6.45, 7) is 1.67. The Morgan fingerprint density at radius 2 is 2.00 bits per heavy atom. The standard InChI is InChI=1S/C15H14ClIN2O2/c1-9(20)10-3-2-4-12(7-10)18-15(21)19-14-6-5-11(17)8-13(14)16/h2-9,20H,1H3,(H2,18,19,21). The maximum absolute atomic E-state index is 12.0. The van der Waals surface area contributed by atoms with Crippen molar-refractivity contribution >= 4 is 51.6 Å². The number of anilines is 2. The molecule has 4 nitrogen and oxygen atoms in total. The molecule has 2 amide bonds. The molecule has 0 bridgehead atoms. The third kappa shape index (κ3) is 4.59. The fourth-order valence-electron chi connectivity index (χ4n) is 1.75. The average molecular weight is 417 g/mol. The summed E-state index contributed by atoms with van der Waals surface area (Å²) in [6, 6.07) is 12.0. The van der Waals surface area contributed by atoms with Gasteiger partial charge in [-0.25, -0.2) is 4.79 Å². The molecule has 2 aromatic rings. The van der Waals surface area contributed by atoms with E-state index in [2.05, 4.69) is 33.2 Å². The van der Waals surface area contributed by atoms with Crippen LogP contribution in [0, 0.1) is 3.57 Å². The molecule has 0 saturated carbocycles. The number of rotatable bonds is 3. The molecule has 0 aromatic heterocycles. The Balaban J connectivity index is 2.06. The largest absolute Gasteiger partial charge is 0.389 e. The quantitative estimate of drug-likeness (QED) is 0.638. The van der Waals surface area contributed by atoms with Gasteiger partial charge in [0, 0.05) is 9.26 Å². The molecule has 0 fully saturated rings. The van der Waals surface area contributed by atoms with Gasteiger partial charge in [-0.2, -0.15) is 0 Å². The van der Waals surface area contributed by atoms with E-state index in [0.717, 1.165) is 9.13 Å². The summed E-state index contributed by atoms with van der Waals surface area (Å²) in [6.07, 6.45) is -0.583. The van der Waals surface area contributed by atoms with Crippen LogP contribution in [0.2, 0.25) is 5.02 Å². The van der Waals surface area contributed by atoms with E-state index < -0.39 is 6.10 Å². The number of hydrogen-bond acceptors (Lipinski definition) is 2. The molecule has 0 aliphatic rings. The molecule has 1 atom stereocenters. The van der Waals surface area contributed by atoms with Gasteiger partial charge in [0.1, 0.15) is 0 Å². The Bertz CT molecular complexity index is 662. The summed E-state index contributed by atoms with van der Waals surface area (Å²) in [5, 5.41) is 15.4. The van der Waals surface area contributed by atoms with E-state index in [1.54, 1.807) is 43.3 Å². The number of aliphatic hydroxyl groups is 1. The molecule has 2 aromatic carbocycles.